The number of anilines is 2. The molecule has 3 aromatic carbocycles. The first kappa shape index (κ1) is 18.3. The molecule has 0 fully saturated rings. The van der Waals surface area contributed by atoms with Crippen molar-refractivity contribution in [1.29, 1.82) is 0 Å². The Bertz CT molecular complexity index is 1160. The van der Waals surface area contributed by atoms with Gasteiger partial charge in [0.15, 0.2) is 5.84 Å². The average molecular weight is 445 g/mol. The van der Waals surface area contributed by atoms with Crippen LogP contribution in [0.25, 0.3) is 0 Å². The number of hydrogen-bond acceptors (Lipinski definition) is 4. The average Bonchev–Trinajstić information content (AvgIpc) is 3.22. The molecule has 0 bridgehead atoms. The molecule has 1 atom stereocenters. The van der Waals surface area contributed by atoms with E-state index in [9.17, 15) is 4.79 Å². The Hall–Kier alpha value is -2.73. The van der Waals surface area contributed by atoms with E-state index < -0.39 is 5.72 Å². The van der Waals surface area contributed by atoms with Gasteiger partial charge >= 0.3 is 5.72 Å². The van der Waals surface area contributed by atoms with Gasteiger partial charge in [0.1, 0.15) is 0 Å². The van der Waals surface area contributed by atoms with Gasteiger partial charge in [-0.3, -0.25) is 9.69 Å². The van der Waals surface area contributed by atoms with Crippen LogP contribution in [0.15, 0.2) is 71.9 Å². The summed E-state index contributed by atoms with van der Waals surface area (Å²) >= 11 is 18.2. The van der Waals surface area contributed by atoms with Crippen LogP contribution in [-0.2, 0) is 15.4 Å². The van der Waals surface area contributed by atoms with Crippen molar-refractivity contribution in [3.8, 4) is 0 Å². The number of amidine groups is 1. The zero-order chi connectivity index (χ0) is 20.2. The molecule has 1 spiro atoms. The van der Waals surface area contributed by atoms with Gasteiger partial charge in [-0.25, -0.2) is 0 Å². The van der Waals surface area contributed by atoms with E-state index in [1.165, 1.54) is 0 Å². The molecule has 2 heterocycles. The Morgan fingerprint density at radius 3 is 2.17 bits per heavy atom. The fourth-order valence-electron chi connectivity index (χ4n) is 3.57. The predicted molar refractivity (Wildman–Crippen MR) is 115 cm³/mol. The molecule has 8 heteroatoms. The third-order valence-corrected chi connectivity index (χ3v) is 5.62. The number of nitrogens with zero attached hydrogens (tertiary/aromatic N) is 2. The summed E-state index contributed by atoms with van der Waals surface area (Å²) in [7, 11) is 0. The van der Waals surface area contributed by atoms with Crippen LogP contribution in [0.3, 0.4) is 0 Å². The normalized spacial score (nSPS) is 19.8. The predicted octanol–water partition coefficient (Wildman–Crippen LogP) is 5.65. The molecular weight excluding hydrogens is 433 g/mol. The second-order valence-electron chi connectivity index (χ2n) is 6.61. The van der Waals surface area contributed by atoms with Crippen LogP contribution in [0.1, 0.15) is 11.1 Å². The quantitative estimate of drug-likeness (QED) is 0.556. The molecule has 5 nitrogen and oxygen atoms in total. The van der Waals surface area contributed by atoms with Gasteiger partial charge < -0.3 is 10.2 Å². The van der Waals surface area contributed by atoms with Crippen LogP contribution >= 0.6 is 34.8 Å². The third-order valence-electron chi connectivity index (χ3n) is 4.88. The second-order valence-corrected chi connectivity index (χ2v) is 7.92. The van der Waals surface area contributed by atoms with Gasteiger partial charge in [0.2, 0.25) is 0 Å². The van der Waals surface area contributed by atoms with Crippen molar-refractivity contribution < 1.29 is 9.63 Å². The number of rotatable bonds is 2. The van der Waals surface area contributed by atoms with E-state index in [0.717, 1.165) is 5.56 Å². The zero-order valence-corrected chi connectivity index (χ0v) is 17.0. The van der Waals surface area contributed by atoms with Crippen LogP contribution in [0.5, 0.6) is 0 Å². The number of oxime groups is 1. The van der Waals surface area contributed by atoms with Crippen molar-refractivity contribution in [2.24, 2.45) is 5.16 Å². The van der Waals surface area contributed by atoms with Crippen LogP contribution < -0.4 is 10.2 Å². The maximum atomic E-state index is 13.2. The monoisotopic (exact) mass is 443 g/mol. The third kappa shape index (κ3) is 2.77. The number of benzene rings is 3. The highest BCUT2D eigenvalue weighted by Gasteiger charge is 2.60. The molecule has 0 radical (unpaired) electrons. The Morgan fingerprint density at radius 2 is 1.48 bits per heavy atom. The number of fused-ring (bicyclic) bond motifs is 2. The van der Waals surface area contributed by atoms with Crippen molar-refractivity contribution in [3.63, 3.8) is 0 Å². The molecule has 2 aliphatic rings. The summed E-state index contributed by atoms with van der Waals surface area (Å²) in [4.78, 5) is 20.8. The minimum Gasteiger partial charge on any atom is -0.349 e. The number of carbonyl (C=O) groups is 1. The number of amides is 1. The summed E-state index contributed by atoms with van der Waals surface area (Å²) in [5, 5.41) is 8.83. The van der Waals surface area contributed by atoms with Crippen molar-refractivity contribution in [1.82, 2.24) is 0 Å². The van der Waals surface area contributed by atoms with E-state index in [-0.39, 0.29) is 5.91 Å². The Balaban J connectivity index is 1.72. The van der Waals surface area contributed by atoms with Gasteiger partial charge in [-0.1, -0.05) is 40.0 Å². The summed E-state index contributed by atoms with van der Waals surface area (Å²) in [6.07, 6.45) is 0. The van der Waals surface area contributed by atoms with Gasteiger partial charge in [-0.2, -0.15) is 0 Å². The largest absolute Gasteiger partial charge is 0.349 e. The Morgan fingerprint density at radius 1 is 0.862 bits per heavy atom. The van der Waals surface area contributed by atoms with Gasteiger partial charge in [-0.15, -0.1) is 0 Å². The van der Waals surface area contributed by atoms with Crippen LogP contribution in [0.2, 0.25) is 15.1 Å². The maximum absolute atomic E-state index is 13.2. The zero-order valence-electron chi connectivity index (χ0n) is 14.7. The highest BCUT2D eigenvalue weighted by molar-refractivity contribution is 6.32. The van der Waals surface area contributed by atoms with Crippen molar-refractivity contribution in [3.05, 3.63) is 92.9 Å². The lowest BCUT2D eigenvalue weighted by Crippen LogP contribution is -2.51. The lowest BCUT2D eigenvalue weighted by molar-refractivity contribution is -0.137. The van der Waals surface area contributed by atoms with Crippen molar-refractivity contribution in [2.45, 2.75) is 5.72 Å². The first-order chi connectivity index (χ1) is 14.0. The van der Waals surface area contributed by atoms with Gasteiger partial charge in [0.25, 0.3) is 5.91 Å². The number of nitrogens with one attached hydrogen (secondary N) is 1. The molecule has 1 amide bonds. The van der Waals surface area contributed by atoms with Gasteiger partial charge in [-0.05, 0) is 66.7 Å². The number of hydrogen-bond donors (Lipinski definition) is 1. The summed E-state index contributed by atoms with van der Waals surface area (Å²) in [5.74, 6) is 0.111. The molecule has 0 unspecified atom stereocenters. The van der Waals surface area contributed by atoms with E-state index in [1.54, 1.807) is 47.4 Å². The van der Waals surface area contributed by atoms with Crippen LogP contribution in [0.4, 0.5) is 11.4 Å². The fraction of sp³-hybridized carbons (Fsp3) is 0.0476. The van der Waals surface area contributed by atoms with E-state index in [0.29, 0.717) is 37.8 Å². The van der Waals surface area contributed by atoms with Crippen LogP contribution in [0, 0.1) is 0 Å². The van der Waals surface area contributed by atoms with Crippen LogP contribution in [-0.4, -0.2) is 11.7 Å². The minimum atomic E-state index is -1.50. The lowest BCUT2D eigenvalue weighted by atomic mass is 10.00. The maximum Gasteiger partial charge on any atom is 0.322 e. The summed E-state index contributed by atoms with van der Waals surface area (Å²) < 4.78 is 0. The Labute approximate surface area is 181 Å². The summed E-state index contributed by atoms with van der Waals surface area (Å²) in [5.41, 5.74) is 1.14. The topological polar surface area (TPSA) is 53.9 Å². The molecule has 0 saturated carbocycles. The lowest BCUT2D eigenvalue weighted by Gasteiger charge is -2.32. The number of carbonyl (C=O) groups excluding carboxylic acids is 1. The Kier molecular flexibility index (Phi) is 4.21. The van der Waals surface area contributed by atoms with E-state index in [4.69, 9.17) is 39.6 Å². The SMILES string of the molecule is O=C1Nc2cc(Cl)ccc2[C@]12ON=C(c1ccc(Cl)cc1)N2c1ccc(Cl)cc1. The van der Waals surface area contributed by atoms with Crippen molar-refractivity contribution in [2.75, 3.05) is 10.2 Å². The van der Waals surface area contributed by atoms with E-state index in [2.05, 4.69) is 10.5 Å². The fourth-order valence-corrected chi connectivity index (χ4v) is 4.00. The molecule has 0 saturated heterocycles. The summed E-state index contributed by atoms with van der Waals surface area (Å²) in [6, 6.07) is 19.4. The van der Waals surface area contributed by atoms with Crippen molar-refractivity contribution >= 4 is 57.9 Å². The molecular formula is C21H12Cl3N3O2. The highest BCUT2D eigenvalue weighted by atomic mass is 35.5. The molecule has 0 aromatic heterocycles. The summed E-state index contributed by atoms with van der Waals surface area (Å²) in [6.45, 7) is 0. The molecule has 3 aromatic rings. The van der Waals surface area contributed by atoms with E-state index in [1.807, 2.05) is 24.3 Å². The molecule has 0 aliphatic carbocycles. The first-order valence-corrected chi connectivity index (χ1v) is 9.82. The molecule has 5 rings (SSSR count). The second kappa shape index (κ2) is 6.66. The van der Waals surface area contributed by atoms with Gasteiger partial charge in [0, 0.05) is 26.3 Å². The van der Waals surface area contributed by atoms with E-state index >= 15 is 0 Å². The molecule has 144 valence electrons. The molecule has 2 aliphatic heterocycles. The smallest absolute Gasteiger partial charge is 0.322 e. The standard InChI is InChI=1S/C21H12Cl3N3O2/c22-13-3-1-12(2-4-13)19-26-29-21(27(19)16-8-5-14(23)6-9-16)17-10-7-15(24)11-18(17)25-20(21)28/h1-11H,(H,25,28)/t21-/m0/s1. The van der Waals surface area contributed by atoms with Gasteiger partial charge in [0.05, 0.1) is 11.3 Å². The molecule has 1 N–H and O–H groups in total. The highest BCUT2D eigenvalue weighted by Crippen LogP contribution is 2.48. The number of halogens is 3. The minimum absolute atomic E-state index is 0.363. The first-order valence-electron chi connectivity index (χ1n) is 8.68. The molecule has 29 heavy (non-hydrogen) atoms.